The highest BCUT2D eigenvalue weighted by atomic mass is 16.6. The van der Waals surface area contributed by atoms with E-state index in [4.69, 9.17) is 14.2 Å². The number of hydrogen-bond donors (Lipinski definition) is 0. The zero-order valence-corrected chi connectivity index (χ0v) is 49.4. The summed E-state index contributed by atoms with van der Waals surface area (Å²) in [6.07, 6.45) is 75.0. The van der Waals surface area contributed by atoms with Crippen LogP contribution in [-0.4, -0.2) is 37.2 Å². The Bertz CT molecular complexity index is 1180. The van der Waals surface area contributed by atoms with Crippen molar-refractivity contribution in [3.05, 3.63) is 24.3 Å². The van der Waals surface area contributed by atoms with Crippen LogP contribution in [0.25, 0.3) is 0 Å². The van der Waals surface area contributed by atoms with E-state index in [1.54, 1.807) is 0 Å². The van der Waals surface area contributed by atoms with Crippen molar-refractivity contribution in [3.63, 3.8) is 0 Å². The fourth-order valence-electron chi connectivity index (χ4n) is 9.97. The maximum absolute atomic E-state index is 12.8. The van der Waals surface area contributed by atoms with E-state index in [2.05, 4.69) is 45.1 Å². The summed E-state index contributed by atoms with van der Waals surface area (Å²) in [5.41, 5.74) is 0. The second-order valence-electron chi connectivity index (χ2n) is 22.4. The molecule has 430 valence electrons. The summed E-state index contributed by atoms with van der Waals surface area (Å²) >= 11 is 0. The zero-order valence-electron chi connectivity index (χ0n) is 49.4. The molecule has 0 heterocycles. The Morgan fingerprint density at radius 2 is 0.452 bits per heavy atom. The molecule has 0 rings (SSSR count). The molecule has 1 unspecified atom stereocenters. The van der Waals surface area contributed by atoms with Crippen LogP contribution >= 0.6 is 0 Å². The van der Waals surface area contributed by atoms with Gasteiger partial charge >= 0.3 is 17.9 Å². The van der Waals surface area contributed by atoms with Gasteiger partial charge < -0.3 is 14.2 Å². The number of rotatable bonds is 61. The Labute approximate surface area is 455 Å². The highest BCUT2D eigenvalue weighted by Crippen LogP contribution is 2.18. The molecule has 0 radical (unpaired) electrons. The predicted octanol–water partition coefficient (Wildman–Crippen LogP) is 22.2. The quantitative estimate of drug-likeness (QED) is 0.0261. The van der Waals surface area contributed by atoms with Crippen molar-refractivity contribution in [3.8, 4) is 0 Å². The highest BCUT2D eigenvalue weighted by molar-refractivity contribution is 5.71. The zero-order chi connectivity index (χ0) is 52.9. The van der Waals surface area contributed by atoms with Crippen molar-refractivity contribution in [1.82, 2.24) is 0 Å². The number of allylic oxidation sites excluding steroid dienone is 4. The van der Waals surface area contributed by atoms with Gasteiger partial charge in [0.25, 0.3) is 0 Å². The molecule has 0 aliphatic carbocycles. The van der Waals surface area contributed by atoms with Crippen molar-refractivity contribution in [2.45, 2.75) is 374 Å². The number of hydrogen-bond acceptors (Lipinski definition) is 6. The van der Waals surface area contributed by atoms with Gasteiger partial charge in [0.1, 0.15) is 13.2 Å². The molecule has 0 aliphatic rings. The molecule has 0 N–H and O–H groups in total. The first kappa shape index (κ1) is 70.9. The third-order valence-corrected chi connectivity index (χ3v) is 14.9. The van der Waals surface area contributed by atoms with Crippen molar-refractivity contribution in [2.75, 3.05) is 13.2 Å². The second-order valence-corrected chi connectivity index (χ2v) is 22.4. The molecule has 6 nitrogen and oxygen atoms in total. The summed E-state index contributed by atoms with van der Waals surface area (Å²) in [6.45, 7) is 6.66. The Balaban J connectivity index is 4.04. The van der Waals surface area contributed by atoms with Crippen molar-refractivity contribution in [1.29, 1.82) is 0 Å². The molecule has 0 saturated heterocycles. The van der Waals surface area contributed by atoms with E-state index in [-0.39, 0.29) is 31.1 Å². The molecule has 0 aromatic carbocycles. The lowest BCUT2D eigenvalue weighted by Gasteiger charge is -2.18. The Hall–Kier alpha value is -2.11. The first-order chi connectivity index (χ1) is 36.0. The minimum Gasteiger partial charge on any atom is -0.462 e. The molecule has 0 aromatic heterocycles. The van der Waals surface area contributed by atoms with E-state index in [9.17, 15) is 14.4 Å². The largest absolute Gasteiger partial charge is 0.462 e. The number of carbonyl (C=O) groups excluding carboxylic acids is 3. The summed E-state index contributed by atoms with van der Waals surface area (Å²) in [4.78, 5) is 38.1. The molecule has 0 saturated carbocycles. The number of unbranched alkanes of at least 4 members (excludes halogenated alkanes) is 46. The van der Waals surface area contributed by atoms with Gasteiger partial charge in [-0.3, -0.25) is 14.4 Å². The molecule has 1 atom stereocenters. The van der Waals surface area contributed by atoms with Crippen LogP contribution in [0.5, 0.6) is 0 Å². The first-order valence-corrected chi connectivity index (χ1v) is 32.8. The van der Waals surface area contributed by atoms with E-state index in [1.165, 1.54) is 263 Å². The molecule has 0 bridgehead atoms. The summed E-state index contributed by atoms with van der Waals surface area (Å²) in [5, 5.41) is 0. The van der Waals surface area contributed by atoms with E-state index < -0.39 is 6.10 Å². The van der Waals surface area contributed by atoms with Crippen LogP contribution in [0.4, 0.5) is 0 Å². The summed E-state index contributed by atoms with van der Waals surface area (Å²) in [7, 11) is 0. The molecule has 0 amide bonds. The molecule has 6 heteroatoms. The third-order valence-electron chi connectivity index (χ3n) is 14.9. The average molecular weight is 1030 g/mol. The lowest BCUT2D eigenvalue weighted by atomic mass is 10.0. The van der Waals surface area contributed by atoms with Crippen LogP contribution in [-0.2, 0) is 28.6 Å². The minimum atomic E-state index is -0.770. The van der Waals surface area contributed by atoms with Crippen LogP contribution in [0.3, 0.4) is 0 Å². The maximum atomic E-state index is 12.8. The normalized spacial score (nSPS) is 12.1. The van der Waals surface area contributed by atoms with E-state index >= 15 is 0 Å². The van der Waals surface area contributed by atoms with Crippen LogP contribution in [0.15, 0.2) is 24.3 Å². The van der Waals surface area contributed by atoms with Gasteiger partial charge in [0, 0.05) is 19.3 Å². The topological polar surface area (TPSA) is 78.9 Å². The molecule has 73 heavy (non-hydrogen) atoms. The highest BCUT2D eigenvalue weighted by Gasteiger charge is 2.19. The van der Waals surface area contributed by atoms with Gasteiger partial charge in [0.05, 0.1) is 0 Å². The van der Waals surface area contributed by atoms with Crippen LogP contribution in [0, 0.1) is 0 Å². The summed E-state index contributed by atoms with van der Waals surface area (Å²) in [6, 6.07) is 0. The van der Waals surface area contributed by atoms with Gasteiger partial charge in [-0.05, 0) is 70.6 Å². The summed E-state index contributed by atoms with van der Waals surface area (Å²) < 4.78 is 16.9. The first-order valence-electron chi connectivity index (χ1n) is 32.8. The Kier molecular flexibility index (Phi) is 60.6. The third kappa shape index (κ3) is 60.6. The lowest BCUT2D eigenvalue weighted by molar-refractivity contribution is -0.167. The molecular weight excluding hydrogens is 901 g/mol. The lowest BCUT2D eigenvalue weighted by Crippen LogP contribution is -2.30. The van der Waals surface area contributed by atoms with Crippen molar-refractivity contribution in [2.24, 2.45) is 0 Å². The molecule has 0 aliphatic heterocycles. The Morgan fingerprint density at radius 1 is 0.260 bits per heavy atom. The minimum absolute atomic E-state index is 0.0690. The monoisotopic (exact) mass is 1030 g/mol. The SMILES string of the molecule is CCCCCC/C=C\CCCCCCCC(=O)OC(COC(=O)CCCCCCCCCCCCC)COC(=O)CCCCCCCCCCCCCCCCCCCCC/C=C\CCCCCCCCCC. The van der Waals surface area contributed by atoms with Crippen LogP contribution < -0.4 is 0 Å². The predicted molar refractivity (Wildman–Crippen MR) is 316 cm³/mol. The van der Waals surface area contributed by atoms with Crippen molar-refractivity contribution < 1.29 is 28.6 Å². The molecule has 0 spiro atoms. The summed E-state index contributed by atoms with van der Waals surface area (Å²) in [5.74, 6) is -0.855. The number of ether oxygens (including phenoxy) is 3. The van der Waals surface area contributed by atoms with Crippen LogP contribution in [0.2, 0.25) is 0 Å². The molecule has 0 fully saturated rings. The van der Waals surface area contributed by atoms with Crippen molar-refractivity contribution >= 4 is 17.9 Å². The van der Waals surface area contributed by atoms with Gasteiger partial charge in [-0.2, -0.15) is 0 Å². The second kappa shape index (κ2) is 62.4. The van der Waals surface area contributed by atoms with Crippen LogP contribution in [0.1, 0.15) is 367 Å². The van der Waals surface area contributed by atoms with E-state index in [0.717, 1.165) is 64.2 Å². The molecule has 0 aromatic rings. The van der Waals surface area contributed by atoms with Gasteiger partial charge in [-0.25, -0.2) is 0 Å². The average Bonchev–Trinajstić information content (AvgIpc) is 3.39. The smallest absolute Gasteiger partial charge is 0.306 e. The molecular formula is C67H126O6. The Morgan fingerprint density at radius 3 is 0.699 bits per heavy atom. The van der Waals surface area contributed by atoms with E-state index in [1.807, 2.05) is 0 Å². The van der Waals surface area contributed by atoms with E-state index in [0.29, 0.717) is 19.3 Å². The number of esters is 3. The fourth-order valence-corrected chi connectivity index (χ4v) is 9.97. The fraction of sp³-hybridized carbons (Fsp3) is 0.896. The number of carbonyl (C=O) groups is 3. The standard InChI is InChI=1S/C67H126O6/c1-4-7-10-13-16-19-22-24-25-26-27-28-29-30-31-32-33-34-35-36-37-38-39-40-41-43-45-48-51-54-57-60-66(69)72-63-64(62-71-65(68)59-56-53-50-47-44-21-18-15-12-9-6-3)73-67(70)61-58-55-52-49-46-42-23-20-17-14-11-8-5-2/h20,23,26-27,64H,4-19,21-22,24-25,28-63H2,1-3H3/b23-20-,27-26-. The van der Waals surface area contributed by atoms with Gasteiger partial charge in [0.2, 0.25) is 0 Å². The van der Waals surface area contributed by atoms with Gasteiger partial charge in [-0.1, -0.05) is 302 Å². The van der Waals surface area contributed by atoms with Gasteiger partial charge in [-0.15, -0.1) is 0 Å². The van der Waals surface area contributed by atoms with Gasteiger partial charge in [0.15, 0.2) is 6.10 Å². The maximum Gasteiger partial charge on any atom is 0.306 e.